The Morgan fingerprint density at radius 3 is 1.48 bits per heavy atom. The highest BCUT2D eigenvalue weighted by Crippen LogP contribution is 2.24. The molecule has 41 heteroatoms. The first-order chi connectivity index (χ1) is 58.1. The fourth-order valence-corrected chi connectivity index (χ4v) is 13.7. The smallest absolute Gasteiger partial charge is 0.322 e. The summed E-state index contributed by atoms with van der Waals surface area (Å²) in [7, 11) is 0. The van der Waals surface area contributed by atoms with Crippen molar-refractivity contribution in [3.8, 4) is 0 Å². The highest BCUT2D eigenvalue weighted by Gasteiger charge is 2.42. The number of carbonyl (C=O) groups excluding carboxylic acids is 14. The normalized spacial score (nSPS) is 15.8. The van der Waals surface area contributed by atoms with Crippen LogP contribution in [0.25, 0.3) is 10.9 Å². The molecule has 123 heavy (non-hydrogen) atoms. The van der Waals surface area contributed by atoms with Crippen molar-refractivity contribution < 1.29 is 82.1 Å². The number of aromatic nitrogens is 3. The lowest BCUT2D eigenvalue weighted by Crippen LogP contribution is -2.62. The molecule has 14 amide bonds. The van der Waals surface area contributed by atoms with Gasteiger partial charge in [0.25, 0.3) is 0 Å². The number of carbonyl (C=O) groups is 15. The van der Waals surface area contributed by atoms with E-state index in [-0.39, 0.29) is 114 Å². The summed E-state index contributed by atoms with van der Waals surface area (Å²) in [6.07, 6.45) is 5.08. The van der Waals surface area contributed by atoms with Crippen molar-refractivity contribution in [2.24, 2.45) is 46.8 Å². The molecule has 0 radical (unpaired) electrons. The van der Waals surface area contributed by atoms with Crippen LogP contribution in [0.3, 0.4) is 0 Å². The minimum atomic E-state index is -1.80. The van der Waals surface area contributed by atoms with Crippen molar-refractivity contribution in [2.75, 3.05) is 32.8 Å². The monoisotopic (exact) mass is 1720 g/mol. The number of carboxylic acid groups (broad SMARTS) is 1. The minimum absolute atomic E-state index is 0.00268. The fourth-order valence-electron chi connectivity index (χ4n) is 13.7. The maximum atomic E-state index is 15.0. The molecule has 41 nitrogen and oxygen atoms in total. The number of amides is 14. The molecule has 0 aliphatic carbocycles. The first kappa shape index (κ1) is 101. The summed E-state index contributed by atoms with van der Waals surface area (Å²) in [6.45, 7) is 18.5. The van der Waals surface area contributed by atoms with E-state index < -0.39 is 198 Å². The Hall–Kier alpha value is -12.3. The third-order valence-electron chi connectivity index (χ3n) is 20.3. The van der Waals surface area contributed by atoms with Crippen molar-refractivity contribution >= 4 is 111 Å². The zero-order valence-corrected chi connectivity index (χ0v) is 72.1. The van der Waals surface area contributed by atoms with Crippen LogP contribution >= 0.6 is 0 Å². The van der Waals surface area contributed by atoms with Crippen LogP contribution in [-0.2, 0) is 91.2 Å². The van der Waals surface area contributed by atoms with Gasteiger partial charge in [0.2, 0.25) is 82.7 Å². The van der Waals surface area contributed by atoms with Crippen molar-refractivity contribution in [3.05, 3.63) is 90.1 Å². The molecular weight excluding hydrogens is 1590 g/mol. The number of hydrogen-bond acceptors (Lipinski definition) is 20. The van der Waals surface area contributed by atoms with E-state index in [1.807, 2.05) is 38.1 Å². The quantitative estimate of drug-likeness (QED) is 0.0121. The van der Waals surface area contributed by atoms with Gasteiger partial charge < -0.3 is 122 Å². The van der Waals surface area contributed by atoms with E-state index in [9.17, 15) is 77.0 Å². The number of H-pyrrole nitrogens is 2. The maximum absolute atomic E-state index is 15.0. The summed E-state index contributed by atoms with van der Waals surface area (Å²) >= 11 is 0. The summed E-state index contributed by atoms with van der Waals surface area (Å²) in [5.41, 5.74) is 19.7. The van der Waals surface area contributed by atoms with Crippen molar-refractivity contribution in [3.63, 3.8) is 0 Å². The molecule has 1 aliphatic heterocycles. The number of aliphatic hydroxyl groups is 1. The molecule has 1 fully saturated rings. The Morgan fingerprint density at radius 2 is 0.943 bits per heavy atom. The molecule has 2 aromatic carbocycles. The number of rotatable bonds is 51. The average molecular weight is 1720 g/mol. The van der Waals surface area contributed by atoms with Gasteiger partial charge in [-0.3, -0.25) is 82.7 Å². The second-order valence-corrected chi connectivity index (χ2v) is 32.9. The summed E-state index contributed by atoms with van der Waals surface area (Å²) in [5, 5.41) is 75.1. The average Bonchev–Trinajstić information content (AvgIpc) is 1.66. The minimum Gasteiger partial charge on any atom is -0.480 e. The second kappa shape index (κ2) is 50.2. The topological polar surface area (TPSA) is 650 Å². The number of aliphatic hydroxyl groups excluding tert-OH is 1. The fraction of sp³-hybridized carbons (Fsp3) is 0.585. The number of hydrogen-bond donors (Lipinski definition) is 24. The Morgan fingerprint density at radius 1 is 0.488 bits per heavy atom. The standard InChI is InChI=1S/C82H128N24O17/c1-42(2)31-53(83)69(112)99-60(35-50-37-91-54-24-17-16-23-52(50)54)74(117)97-56(26-19-29-90-82(86)87)80(123)106-30-20-27-63(106)77(120)105-66(46(9)10)79(122)102-58(33-44(5)6)72(115)100-59(34-49-21-14-13-15-22-49)73(116)101-61(36-51-38-88-41-93-51)75(118)103-62(40-107)76(119)95-48(12)68(111)104-65(45(7)8)78(121)96-55(25-18-28-89-81(84)85)71(114)94-47(11)67(110)98-57(32-43(3)4)70(113)92-39-64(108)109/h13-17,21-24,37-38,41-48,53,55-63,65-66,91,107H,18-20,25-36,39-40,83H2,1-12H3,(H,88,93)(H,92,113)(H,94,114)(H,95,119)(H,96,121)(H,97,117)(H,98,110)(H,99,112)(H,100,115)(H,101,116)(H,102,122)(H,103,118)(H,104,111)(H,105,120)(H,108,109)(H4,84,85,89)(H4,86,87,90)/t47-,48-,53-,55-,56-,57-,58-,59-,60-,61-,62-,63-,65-,66-/m0/s1. The predicted molar refractivity (Wildman–Crippen MR) is 456 cm³/mol. The van der Waals surface area contributed by atoms with Gasteiger partial charge in [0.15, 0.2) is 11.9 Å². The van der Waals surface area contributed by atoms with Gasteiger partial charge in [0, 0.05) is 67.9 Å². The third kappa shape index (κ3) is 33.9. The molecule has 0 spiro atoms. The molecule has 27 N–H and O–H groups in total. The highest BCUT2D eigenvalue weighted by molar-refractivity contribution is 6.01. The molecule has 3 heterocycles. The van der Waals surface area contributed by atoms with Crippen LogP contribution in [0.5, 0.6) is 0 Å². The molecule has 1 saturated heterocycles. The van der Waals surface area contributed by atoms with Gasteiger partial charge >= 0.3 is 5.97 Å². The lowest BCUT2D eigenvalue weighted by molar-refractivity contribution is -0.143. The summed E-state index contributed by atoms with van der Waals surface area (Å²) in [4.78, 5) is 222. The molecule has 4 aromatic rings. The van der Waals surface area contributed by atoms with Crippen molar-refractivity contribution in [2.45, 2.75) is 245 Å². The zero-order chi connectivity index (χ0) is 91.5. The predicted octanol–water partition coefficient (Wildman–Crippen LogP) is -2.74. The molecule has 0 unspecified atom stereocenters. The van der Waals surface area contributed by atoms with E-state index in [1.165, 1.54) is 31.3 Å². The van der Waals surface area contributed by atoms with E-state index >= 15 is 0 Å². The number of fused-ring (bicyclic) bond motifs is 1. The zero-order valence-electron chi connectivity index (χ0n) is 72.1. The third-order valence-corrected chi connectivity index (χ3v) is 20.3. The van der Waals surface area contributed by atoms with Crippen LogP contribution in [-0.4, -0.2) is 248 Å². The molecular formula is C82H128N24O17. The number of nitrogens with two attached hydrogens (primary N) is 3. The molecule has 1 aliphatic rings. The Balaban J connectivity index is 1.32. The number of imidazole rings is 1. The van der Waals surface area contributed by atoms with E-state index in [4.69, 9.17) is 33.1 Å². The van der Waals surface area contributed by atoms with Crippen LogP contribution < -0.4 is 97.0 Å². The first-order valence-electron chi connectivity index (χ1n) is 41.6. The summed E-state index contributed by atoms with van der Waals surface area (Å²) in [5.74, 6) is -15.3. The van der Waals surface area contributed by atoms with Crippen LogP contribution in [0, 0.1) is 40.4 Å². The van der Waals surface area contributed by atoms with Crippen LogP contribution in [0.1, 0.15) is 158 Å². The number of carboxylic acids is 1. The van der Waals surface area contributed by atoms with Crippen LogP contribution in [0.15, 0.2) is 73.3 Å². The van der Waals surface area contributed by atoms with Crippen LogP contribution in [0.4, 0.5) is 0 Å². The number of benzene rings is 2. The van der Waals surface area contributed by atoms with E-state index in [0.717, 1.165) is 10.9 Å². The lowest BCUT2D eigenvalue weighted by Gasteiger charge is -2.32. The maximum Gasteiger partial charge on any atom is 0.322 e. The highest BCUT2D eigenvalue weighted by atomic mass is 16.4. The number of nitrogens with one attached hydrogen (secondary N) is 19. The number of likely N-dealkylation sites (tertiary alicyclic amines) is 1. The number of para-hydroxylation sites is 1. The second-order valence-electron chi connectivity index (χ2n) is 32.9. The van der Waals surface area contributed by atoms with Gasteiger partial charge in [-0.05, 0) is 118 Å². The number of guanidine groups is 2. The van der Waals surface area contributed by atoms with Crippen molar-refractivity contribution in [1.29, 1.82) is 10.8 Å². The lowest BCUT2D eigenvalue weighted by atomic mass is 9.98. The van der Waals surface area contributed by atoms with E-state index in [2.05, 4.69) is 94.7 Å². The molecule has 2 aromatic heterocycles. The largest absolute Gasteiger partial charge is 0.480 e. The Kier molecular flexibility index (Phi) is 41.3. The van der Waals surface area contributed by atoms with Gasteiger partial charge in [-0.1, -0.05) is 118 Å². The molecule has 5 rings (SSSR count). The van der Waals surface area contributed by atoms with E-state index in [1.54, 1.807) is 91.9 Å². The Labute approximate surface area is 715 Å². The molecule has 14 atom stereocenters. The molecule has 678 valence electrons. The number of aliphatic carboxylic acids is 1. The first-order valence-corrected chi connectivity index (χ1v) is 41.6. The summed E-state index contributed by atoms with van der Waals surface area (Å²) in [6, 6.07) is -3.09. The van der Waals surface area contributed by atoms with Gasteiger partial charge in [0.1, 0.15) is 85.1 Å². The molecule has 0 bridgehead atoms. The summed E-state index contributed by atoms with van der Waals surface area (Å²) < 4.78 is 0. The van der Waals surface area contributed by atoms with Gasteiger partial charge in [0.05, 0.1) is 19.0 Å². The van der Waals surface area contributed by atoms with Gasteiger partial charge in [-0.2, -0.15) is 0 Å². The van der Waals surface area contributed by atoms with Gasteiger partial charge in [-0.15, -0.1) is 0 Å². The van der Waals surface area contributed by atoms with Gasteiger partial charge in [-0.25, -0.2) is 4.98 Å². The van der Waals surface area contributed by atoms with Crippen LogP contribution in [0.2, 0.25) is 0 Å². The SMILES string of the molecule is CC(C)C[C@H](NC(=O)[C@H](C)NC(=O)[C@H](CCCNC(=N)N)NC(=O)[C@@H](NC(=O)[C@H](C)NC(=O)[C@H](CO)NC(=O)[C@H](Cc1cnc[nH]1)NC(=O)[C@H](Cc1ccccc1)NC(=O)[C@H](CC(C)C)NC(=O)[C@@H](NC(=O)[C@@H]1CCCN1C(=O)[C@H](CCCNC(=N)N)NC(=O)[C@H](Cc1c[nH]c2ccccc12)NC(=O)[C@@H](N)CC(C)C)C(C)C)C(C)C)C(=O)NCC(=O)O. The number of aromatic amines is 2. The van der Waals surface area contributed by atoms with E-state index in [0.29, 0.717) is 29.7 Å². The Bertz CT molecular complexity index is 4250. The van der Waals surface area contributed by atoms with Crippen molar-refractivity contribution in [1.82, 2.24) is 99.6 Å². The molecule has 0 saturated carbocycles. The number of nitrogens with zero attached hydrogens (tertiary/aromatic N) is 2.